The van der Waals surface area contributed by atoms with Crippen LogP contribution in [0.25, 0.3) is 10.9 Å². The number of hydrogen-bond acceptors (Lipinski definition) is 1. The summed E-state index contributed by atoms with van der Waals surface area (Å²) in [6.07, 6.45) is 7.45. The van der Waals surface area contributed by atoms with Crippen molar-refractivity contribution in [1.29, 1.82) is 0 Å². The van der Waals surface area contributed by atoms with Crippen molar-refractivity contribution in [3.63, 3.8) is 0 Å². The van der Waals surface area contributed by atoms with Crippen LogP contribution in [0.2, 0.25) is 0 Å². The molecule has 0 saturated heterocycles. The van der Waals surface area contributed by atoms with Crippen molar-refractivity contribution >= 4 is 10.9 Å². The molecule has 0 spiro atoms. The van der Waals surface area contributed by atoms with Gasteiger partial charge in [-0.05, 0) is 48.4 Å². The van der Waals surface area contributed by atoms with Crippen molar-refractivity contribution in [2.45, 2.75) is 51.7 Å². The van der Waals surface area contributed by atoms with Crippen molar-refractivity contribution in [2.75, 3.05) is 0 Å². The lowest BCUT2D eigenvalue weighted by molar-refractivity contribution is 0.650. The number of aryl methyl sites for hydroxylation is 1. The summed E-state index contributed by atoms with van der Waals surface area (Å²) in [7, 11) is 0. The van der Waals surface area contributed by atoms with Gasteiger partial charge >= 0.3 is 0 Å². The summed E-state index contributed by atoms with van der Waals surface area (Å²) in [5, 5.41) is 4.95. The van der Waals surface area contributed by atoms with Gasteiger partial charge in [-0.2, -0.15) is 0 Å². The summed E-state index contributed by atoms with van der Waals surface area (Å²) < 4.78 is 2.37. The largest absolute Gasteiger partial charge is 0.347 e. The van der Waals surface area contributed by atoms with E-state index in [1.165, 1.54) is 42.1 Å². The number of hydrogen-bond donors (Lipinski definition) is 1. The van der Waals surface area contributed by atoms with Crippen molar-refractivity contribution in [1.82, 2.24) is 9.88 Å². The van der Waals surface area contributed by atoms with Gasteiger partial charge in [0.15, 0.2) is 0 Å². The Labute approximate surface area is 109 Å². The molecule has 1 fully saturated rings. The first kappa shape index (κ1) is 11.8. The highest BCUT2D eigenvalue weighted by Gasteiger charge is 2.19. The van der Waals surface area contributed by atoms with E-state index in [4.69, 9.17) is 0 Å². The molecule has 2 aromatic rings. The smallest absolute Gasteiger partial charge is 0.0480 e. The van der Waals surface area contributed by atoms with Crippen LogP contribution in [0.5, 0.6) is 0 Å². The third kappa shape index (κ3) is 2.59. The highest BCUT2D eigenvalue weighted by atomic mass is 15.0. The van der Waals surface area contributed by atoms with Crippen LogP contribution in [0.4, 0.5) is 0 Å². The van der Waals surface area contributed by atoms with E-state index >= 15 is 0 Å². The van der Waals surface area contributed by atoms with Gasteiger partial charge in [0.2, 0.25) is 0 Å². The molecule has 0 amide bonds. The van der Waals surface area contributed by atoms with Crippen molar-refractivity contribution in [2.24, 2.45) is 0 Å². The molecule has 1 heterocycles. The van der Waals surface area contributed by atoms with Crippen LogP contribution in [-0.2, 0) is 13.1 Å². The molecule has 3 rings (SSSR count). The predicted octanol–water partition coefficient (Wildman–Crippen LogP) is 3.69. The van der Waals surface area contributed by atoms with Gasteiger partial charge in [0, 0.05) is 30.8 Å². The standard InChI is InChI=1S/C16H22N2/c1-2-3-9-18-10-8-14-11-13(4-7-16(14)18)12-17-15-5-6-15/h4,7-8,10-11,15,17H,2-3,5-6,9,12H2,1H3. The Kier molecular flexibility index (Phi) is 3.37. The zero-order valence-corrected chi connectivity index (χ0v) is 11.2. The van der Waals surface area contributed by atoms with Crippen molar-refractivity contribution < 1.29 is 0 Å². The molecule has 0 bridgehead atoms. The number of nitrogens with zero attached hydrogens (tertiary/aromatic N) is 1. The predicted molar refractivity (Wildman–Crippen MR) is 76.7 cm³/mol. The normalized spacial score (nSPS) is 15.4. The minimum absolute atomic E-state index is 0.787. The summed E-state index contributed by atoms with van der Waals surface area (Å²) in [6, 6.07) is 9.89. The van der Waals surface area contributed by atoms with Gasteiger partial charge in [0.05, 0.1) is 0 Å². The minimum atomic E-state index is 0.787. The monoisotopic (exact) mass is 242 g/mol. The van der Waals surface area contributed by atoms with Gasteiger partial charge in [-0.25, -0.2) is 0 Å². The van der Waals surface area contributed by atoms with E-state index in [2.05, 4.69) is 47.3 Å². The third-order valence-corrected chi connectivity index (χ3v) is 3.76. The Balaban J connectivity index is 1.75. The van der Waals surface area contributed by atoms with Crippen molar-refractivity contribution in [3.8, 4) is 0 Å². The van der Waals surface area contributed by atoms with Crippen LogP contribution in [0.15, 0.2) is 30.5 Å². The molecule has 0 unspecified atom stereocenters. The molecule has 1 aromatic carbocycles. The molecular weight excluding hydrogens is 220 g/mol. The fourth-order valence-electron chi connectivity index (χ4n) is 2.43. The summed E-state index contributed by atoms with van der Waals surface area (Å²) >= 11 is 0. The van der Waals surface area contributed by atoms with Gasteiger partial charge in [-0.3, -0.25) is 0 Å². The first-order valence-corrected chi connectivity index (χ1v) is 7.18. The number of nitrogens with one attached hydrogen (secondary N) is 1. The zero-order valence-electron chi connectivity index (χ0n) is 11.2. The van der Waals surface area contributed by atoms with Crippen LogP contribution < -0.4 is 5.32 Å². The molecular formula is C16H22N2. The van der Waals surface area contributed by atoms with Crippen molar-refractivity contribution in [3.05, 3.63) is 36.0 Å². The fraction of sp³-hybridized carbons (Fsp3) is 0.500. The van der Waals surface area contributed by atoms with E-state index in [-0.39, 0.29) is 0 Å². The lowest BCUT2D eigenvalue weighted by Crippen LogP contribution is -2.15. The lowest BCUT2D eigenvalue weighted by atomic mass is 10.1. The highest BCUT2D eigenvalue weighted by Crippen LogP contribution is 2.21. The lowest BCUT2D eigenvalue weighted by Gasteiger charge is -2.06. The molecule has 1 aromatic heterocycles. The van der Waals surface area contributed by atoms with E-state index < -0.39 is 0 Å². The highest BCUT2D eigenvalue weighted by molar-refractivity contribution is 5.80. The average molecular weight is 242 g/mol. The number of aromatic nitrogens is 1. The second kappa shape index (κ2) is 5.15. The Hall–Kier alpha value is -1.28. The quantitative estimate of drug-likeness (QED) is 0.817. The maximum Gasteiger partial charge on any atom is 0.0480 e. The van der Waals surface area contributed by atoms with E-state index in [1.54, 1.807) is 0 Å². The van der Waals surface area contributed by atoms with E-state index in [9.17, 15) is 0 Å². The summed E-state index contributed by atoms with van der Waals surface area (Å²) in [4.78, 5) is 0. The Bertz CT molecular complexity index is 523. The van der Waals surface area contributed by atoms with Gasteiger partial charge in [-0.1, -0.05) is 19.4 Å². The molecule has 1 saturated carbocycles. The molecule has 1 N–H and O–H groups in total. The maximum atomic E-state index is 3.57. The molecule has 1 aliphatic carbocycles. The maximum absolute atomic E-state index is 3.57. The van der Waals surface area contributed by atoms with E-state index in [0.717, 1.165) is 19.1 Å². The van der Waals surface area contributed by atoms with Crippen LogP contribution in [-0.4, -0.2) is 10.6 Å². The molecule has 0 radical (unpaired) electrons. The van der Waals surface area contributed by atoms with Crippen LogP contribution >= 0.6 is 0 Å². The summed E-state index contributed by atoms with van der Waals surface area (Å²) in [5.74, 6) is 0. The molecule has 2 nitrogen and oxygen atoms in total. The van der Waals surface area contributed by atoms with Crippen LogP contribution in [0.1, 0.15) is 38.2 Å². The number of unbranched alkanes of at least 4 members (excludes halogenated alkanes) is 1. The van der Waals surface area contributed by atoms with Crippen LogP contribution in [0.3, 0.4) is 0 Å². The van der Waals surface area contributed by atoms with Gasteiger partial charge in [0.1, 0.15) is 0 Å². The molecule has 0 aliphatic heterocycles. The average Bonchev–Trinajstić information content (AvgIpc) is 3.14. The molecule has 0 atom stereocenters. The van der Waals surface area contributed by atoms with Gasteiger partial charge in [0.25, 0.3) is 0 Å². The summed E-state index contributed by atoms with van der Waals surface area (Å²) in [6.45, 7) is 4.40. The van der Waals surface area contributed by atoms with Crippen LogP contribution in [0, 0.1) is 0 Å². The Morgan fingerprint density at radius 1 is 1.28 bits per heavy atom. The van der Waals surface area contributed by atoms with E-state index in [1.807, 2.05) is 0 Å². The first-order valence-electron chi connectivity index (χ1n) is 7.18. The number of benzene rings is 1. The Morgan fingerprint density at radius 3 is 2.94 bits per heavy atom. The third-order valence-electron chi connectivity index (χ3n) is 3.76. The second-order valence-electron chi connectivity index (χ2n) is 5.41. The Morgan fingerprint density at radius 2 is 2.17 bits per heavy atom. The summed E-state index contributed by atoms with van der Waals surface area (Å²) in [5.41, 5.74) is 2.78. The fourth-order valence-corrected chi connectivity index (χ4v) is 2.43. The first-order chi connectivity index (χ1) is 8.86. The van der Waals surface area contributed by atoms with E-state index in [0.29, 0.717) is 0 Å². The molecule has 96 valence electrons. The molecule has 18 heavy (non-hydrogen) atoms. The molecule has 1 aliphatic rings. The van der Waals surface area contributed by atoms with Gasteiger partial charge < -0.3 is 9.88 Å². The molecule has 2 heteroatoms. The SMILES string of the molecule is CCCCn1ccc2cc(CNC3CC3)ccc21. The number of rotatable bonds is 6. The minimum Gasteiger partial charge on any atom is -0.347 e. The number of fused-ring (bicyclic) bond motifs is 1. The second-order valence-corrected chi connectivity index (χ2v) is 5.41. The van der Waals surface area contributed by atoms with Gasteiger partial charge in [-0.15, -0.1) is 0 Å². The zero-order chi connectivity index (χ0) is 12.4. The topological polar surface area (TPSA) is 17.0 Å².